The van der Waals surface area contributed by atoms with Gasteiger partial charge in [-0.05, 0) is 67.6 Å². The van der Waals surface area contributed by atoms with E-state index in [-0.39, 0.29) is 18.3 Å². The van der Waals surface area contributed by atoms with Gasteiger partial charge in [0.2, 0.25) is 0 Å². The number of carbonyl (C=O) groups is 1. The molecule has 8 heteroatoms. The van der Waals surface area contributed by atoms with Crippen molar-refractivity contribution in [2.24, 2.45) is 0 Å². The van der Waals surface area contributed by atoms with Crippen molar-refractivity contribution in [2.45, 2.75) is 6.92 Å². The molecule has 1 fully saturated rings. The Morgan fingerprint density at radius 2 is 1.53 bits per heavy atom. The lowest BCUT2D eigenvalue weighted by Gasteiger charge is -2.35. The van der Waals surface area contributed by atoms with Gasteiger partial charge in [-0.3, -0.25) is 4.79 Å². The number of ether oxygens (including phenoxy) is 2. The van der Waals surface area contributed by atoms with Crippen LogP contribution in [0.3, 0.4) is 0 Å². The van der Waals surface area contributed by atoms with E-state index in [1.165, 1.54) is 12.1 Å². The number of rotatable bonds is 7. The van der Waals surface area contributed by atoms with E-state index in [2.05, 4.69) is 15.1 Å². The average Bonchev–Trinajstić information content (AvgIpc) is 2.84. The Labute approximate surface area is 186 Å². The van der Waals surface area contributed by atoms with Crippen LogP contribution in [-0.2, 0) is 4.79 Å². The first kappa shape index (κ1) is 21.5. The van der Waals surface area contributed by atoms with E-state index in [1.54, 1.807) is 29.2 Å². The minimum Gasteiger partial charge on any atom is -0.494 e. The molecule has 1 saturated heterocycles. The van der Waals surface area contributed by atoms with Crippen molar-refractivity contribution in [3.63, 3.8) is 0 Å². The predicted molar refractivity (Wildman–Crippen MR) is 119 cm³/mol. The van der Waals surface area contributed by atoms with Crippen LogP contribution in [0, 0.1) is 5.82 Å². The summed E-state index contributed by atoms with van der Waals surface area (Å²) in [6.07, 6.45) is 0. The summed E-state index contributed by atoms with van der Waals surface area (Å²) in [4.78, 5) is 16.4. The number of aromatic nitrogens is 2. The molecule has 0 radical (unpaired) electrons. The molecule has 7 nitrogen and oxygen atoms in total. The number of carbonyl (C=O) groups excluding carboxylic acids is 1. The normalized spacial score (nSPS) is 13.7. The zero-order valence-electron chi connectivity index (χ0n) is 17.9. The summed E-state index contributed by atoms with van der Waals surface area (Å²) >= 11 is 0. The first-order valence-corrected chi connectivity index (χ1v) is 10.6. The lowest BCUT2D eigenvalue weighted by Crippen LogP contribution is -2.50. The minimum absolute atomic E-state index is 0.000153. The third kappa shape index (κ3) is 5.32. The molecule has 166 valence electrons. The molecule has 0 aliphatic carbocycles. The van der Waals surface area contributed by atoms with E-state index in [9.17, 15) is 9.18 Å². The van der Waals surface area contributed by atoms with Crippen molar-refractivity contribution in [1.82, 2.24) is 15.1 Å². The third-order valence-electron chi connectivity index (χ3n) is 5.24. The topological polar surface area (TPSA) is 67.8 Å². The van der Waals surface area contributed by atoms with Crippen molar-refractivity contribution < 1.29 is 18.7 Å². The third-order valence-corrected chi connectivity index (χ3v) is 5.24. The van der Waals surface area contributed by atoms with Crippen LogP contribution in [0.1, 0.15) is 6.92 Å². The Balaban J connectivity index is 1.26. The quantitative estimate of drug-likeness (QED) is 0.566. The fourth-order valence-electron chi connectivity index (χ4n) is 3.49. The number of benzene rings is 2. The number of anilines is 1. The summed E-state index contributed by atoms with van der Waals surface area (Å²) in [7, 11) is 0. The molecule has 0 unspecified atom stereocenters. The molecule has 0 saturated carbocycles. The van der Waals surface area contributed by atoms with E-state index in [1.807, 2.05) is 31.2 Å². The monoisotopic (exact) mass is 436 g/mol. The smallest absolute Gasteiger partial charge is 0.260 e. The Hall–Kier alpha value is -3.68. The van der Waals surface area contributed by atoms with Crippen LogP contribution in [0.25, 0.3) is 11.3 Å². The molecule has 1 aliphatic heterocycles. The molecule has 0 atom stereocenters. The minimum atomic E-state index is -0.282. The Morgan fingerprint density at radius 3 is 2.12 bits per heavy atom. The fourth-order valence-corrected chi connectivity index (χ4v) is 3.49. The highest BCUT2D eigenvalue weighted by Crippen LogP contribution is 2.20. The van der Waals surface area contributed by atoms with E-state index < -0.39 is 0 Å². The van der Waals surface area contributed by atoms with Crippen LogP contribution >= 0.6 is 0 Å². The zero-order valence-corrected chi connectivity index (χ0v) is 17.9. The molecular weight excluding hydrogens is 411 g/mol. The standard InChI is InChI=1S/C24H25FN4O3/c1-2-31-20-7-9-21(10-8-20)32-17-24(30)29-15-13-28(14-16-29)23-12-11-22(26-27-23)18-3-5-19(25)6-4-18/h3-12H,2,13-17H2,1H3. The van der Waals surface area contributed by atoms with Crippen LogP contribution in [0.15, 0.2) is 60.7 Å². The second-order valence-corrected chi connectivity index (χ2v) is 7.34. The highest BCUT2D eigenvalue weighted by molar-refractivity contribution is 5.78. The predicted octanol–water partition coefficient (Wildman–Crippen LogP) is 3.41. The van der Waals surface area contributed by atoms with E-state index in [4.69, 9.17) is 9.47 Å². The Kier molecular flexibility index (Phi) is 6.79. The first-order valence-electron chi connectivity index (χ1n) is 10.6. The van der Waals surface area contributed by atoms with Crippen molar-refractivity contribution in [1.29, 1.82) is 0 Å². The molecule has 0 bridgehead atoms. The Morgan fingerprint density at radius 1 is 0.875 bits per heavy atom. The van der Waals surface area contributed by atoms with Crippen molar-refractivity contribution in [3.8, 4) is 22.8 Å². The van der Waals surface area contributed by atoms with Crippen LogP contribution in [-0.4, -0.2) is 60.4 Å². The summed E-state index contributed by atoms with van der Waals surface area (Å²) in [6, 6.07) is 17.2. The van der Waals surface area contributed by atoms with Crippen LogP contribution in [0.4, 0.5) is 10.2 Å². The molecule has 4 rings (SSSR count). The zero-order chi connectivity index (χ0) is 22.3. The second kappa shape index (κ2) is 10.1. The highest BCUT2D eigenvalue weighted by atomic mass is 19.1. The SMILES string of the molecule is CCOc1ccc(OCC(=O)N2CCN(c3ccc(-c4ccc(F)cc4)nn3)CC2)cc1. The molecule has 0 spiro atoms. The molecule has 3 aromatic rings. The van der Waals surface area contributed by atoms with Crippen LogP contribution in [0.5, 0.6) is 11.5 Å². The van der Waals surface area contributed by atoms with Crippen LogP contribution < -0.4 is 14.4 Å². The van der Waals surface area contributed by atoms with Gasteiger partial charge in [0.25, 0.3) is 5.91 Å². The molecule has 32 heavy (non-hydrogen) atoms. The fraction of sp³-hybridized carbons (Fsp3) is 0.292. The van der Waals surface area contributed by atoms with Gasteiger partial charge in [-0.1, -0.05) is 0 Å². The summed E-state index contributed by atoms with van der Waals surface area (Å²) in [5.41, 5.74) is 1.50. The van der Waals surface area contributed by atoms with Gasteiger partial charge in [0.15, 0.2) is 12.4 Å². The molecule has 2 aromatic carbocycles. The number of nitrogens with zero attached hydrogens (tertiary/aromatic N) is 4. The molecule has 1 aliphatic rings. The van der Waals surface area contributed by atoms with Gasteiger partial charge in [-0.2, -0.15) is 0 Å². The van der Waals surface area contributed by atoms with Crippen molar-refractivity contribution in [3.05, 3.63) is 66.5 Å². The van der Waals surface area contributed by atoms with Gasteiger partial charge < -0.3 is 19.3 Å². The van der Waals surface area contributed by atoms with Gasteiger partial charge >= 0.3 is 0 Å². The number of piperazine rings is 1. The summed E-state index contributed by atoms with van der Waals surface area (Å²) in [5.74, 6) is 1.84. The molecule has 1 aromatic heterocycles. The van der Waals surface area contributed by atoms with Crippen molar-refractivity contribution >= 4 is 11.7 Å². The van der Waals surface area contributed by atoms with E-state index in [0.717, 1.165) is 17.1 Å². The summed E-state index contributed by atoms with van der Waals surface area (Å²) in [6.45, 7) is 5.05. The molecule has 2 heterocycles. The summed E-state index contributed by atoms with van der Waals surface area (Å²) < 4.78 is 24.1. The van der Waals surface area contributed by atoms with Gasteiger partial charge in [0.05, 0.1) is 12.3 Å². The molecular formula is C24H25FN4O3. The van der Waals surface area contributed by atoms with Gasteiger partial charge in [-0.25, -0.2) is 4.39 Å². The maximum atomic E-state index is 13.1. The van der Waals surface area contributed by atoms with E-state index in [0.29, 0.717) is 44.2 Å². The van der Waals surface area contributed by atoms with Gasteiger partial charge in [0.1, 0.15) is 17.3 Å². The highest BCUT2D eigenvalue weighted by Gasteiger charge is 2.22. The summed E-state index contributed by atoms with van der Waals surface area (Å²) in [5, 5.41) is 8.58. The lowest BCUT2D eigenvalue weighted by atomic mass is 10.1. The number of halogens is 1. The van der Waals surface area contributed by atoms with Crippen LogP contribution in [0.2, 0.25) is 0 Å². The first-order chi connectivity index (χ1) is 15.6. The Bertz CT molecular complexity index is 1020. The molecule has 0 N–H and O–H groups in total. The lowest BCUT2D eigenvalue weighted by molar-refractivity contribution is -0.133. The maximum Gasteiger partial charge on any atom is 0.260 e. The average molecular weight is 436 g/mol. The number of hydrogen-bond donors (Lipinski definition) is 0. The number of amides is 1. The van der Waals surface area contributed by atoms with Gasteiger partial charge in [-0.15, -0.1) is 10.2 Å². The molecule has 1 amide bonds. The largest absolute Gasteiger partial charge is 0.494 e. The van der Waals surface area contributed by atoms with Gasteiger partial charge in [0, 0.05) is 31.7 Å². The van der Waals surface area contributed by atoms with Crippen molar-refractivity contribution in [2.75, 3.05) is 44.3 Å². The second-order valence-electron chi connectivity index (χ2n) is 7.34. The maximum absolute atomic E-state index is 13.1. The number of hydrogen-bond acceptors (Lipinski definition) is 6. The van der Waals surface area contributed by atoms with E-state index >= 15 is 0 Å².